The lowest BCUT2D eigenvalue weighted by Gasteiger charge is -2.16. The van der Waals surface area contributed by atoms with Gasteiger partial charge in [0.15, 0.2) is 0 Å². The van der Waals surface area contributed by atoms with Crippen LogP contribution in [0.5, 0.6) is 5.75 Å². The maximum Gasteiger partial charge on any atom is 0.204 e. The normalized spacial score (nSPS) is 11.9. The van der Waals surface area contributed by atoms with Crippen LogP contribution in [-0.2, 0) is 13.0 Å². The first-order valence-corrected chi connectivity index (χ1v) is 8.78. The highest BCUT2D eigenvalue weighted by Crippen LogP contribution is 2.20. The summed E-state index contributed by atoms with van der Waals surface area (Å²) in [4.78, 5) is 4.51. The van der Waals surface area contributed by atoms with E-state index >= 15 is 0 Å². The highest BCUT2D eigenvalue weighted by Gasteiger charge is 2.14. The first kappa shape index (κ1) is 18.7. The third-order valence-corrected chi connectivity index (χ3v) is 4.09. The molecule has 27 heavy (non-hydrogen) atoms. The van der Waals surface area contributed by atoms with Crippen LogP contribution in [0.15, 0.2) is 48.5 Å². The molecule has 7 heteroatoms. The number of anilines is 1. The summed E-state index contributed by atoms with van der Waals surface area (Å²) in [5, 5.41) is 31.3. The first-order valence-electron chi connectivity index (χ1n) is 8.78. The topological polar surface area (TPSA) is 103 Å². The molecular formula is C20H22N4O3. The van der Waals surface area contributed by atoms with Gasteiger partial charge in [0.25, 0.3) is 0 Å². The Bertz CT molecular complexity index is 915. The number of nitriles is 1. The van der Waals surface area contributed by atoms with Gasteiger partial charge in [0.05, 0.1) is 36.7 Å². The van der Waals surface area contributed by atoms with Gasteiger partial charge in [0.2, 0.25) is 5.95 Å². The summed E-state index contributed by atoms with van der Waals surface area (Å²) >= 11 is 0. The summed E-state index contributed by atoms with van der Waals surface area (Å²) in [7, 11) is 0. The molecule has 0 radical (unpaired) electrons. The molecule has 0 amide bonds. The van der Waals surface area contributed by atoms with Crippen molar-refractivity contribution in [2.45, 2.75) is 19.1 Å². The van der Waals surface area contributed by atoms with Crippen LogP contribution in [0.2, 0.25) is 0 Å². The van der Waals surface area contributed by atoms with Crippen molar-refractivity contribution in [3.05, 3.63) is 54.1 Å². The lowest BCUT2D eigenvalue weighted by Crippen LogP contribution is -2.25. The monoisotopic (exact) mass is 366 g/mol. The van der Waals surface area contributed by atoms with Crippen molar-refractivity contribution in [2.24, 2.45) is 0 Å². The van der Waals surface area contributed by atoms with Gasteiger partial charge in [0.1, 0.15) is 18.5 Å². The summed E-state index contributed by atoms with van der Waals surface area (Å²) in [5.74, 6) is 1.25. The molecule has 0 aliphatic carbocycles. The minimum absolute atomic E-state index is 0.00331. The summed E-state index contributed by atoms with van der Waals surface area (Å²) in [6.07, 6.45) is -0.378. The standard InChI is InChI=1S/C20H22N4O3/c21-10-9-15-5-7-17(8-6-15)27-14-16(26)13-24-19-4-2-1-3-18(19)23-20(24)22-11-12-25/h1-8,16,25-26H,9,11-14H2,(H,22,23). The quantitative estimate of drug-likeness (QED) is 0.535. The van der Waals surface area contributed by atoms with Crippen molar-refractivity contribution in [3.8, 4) is 11.8 Å². The van der Waals surface area contributed by atoms with E-state index in [2.05, 4.69) is 16.4 Å². The Morgan fingerprint density at radius 2 is 1.96 bits per heavy atom. The van der Waals surface area contributed by atoms with Crippen LogP contribution in [0, 0.1) is 11.3 Å². The molecule has 0 aliphatic rings. The molecule has 140 valence electrons. The minimum Gasteiger partial charge on any atom is -0.491 e. The van der Waals surface area contributed by atoms with Gasteiger partial charge < -0.3 is 24.8 Å². The van der Waals surface area contributed by atoms with Crippen LogP contribution >= 0.6 is 0 Å². The van der Waals surface area contributed by atoms with Crippen molar-refractivity contribution < 1.29 is 14.9 Å². The Hall–Kier alpha value is -3.08. The zero-order valence-electron chi connectivity index (χ0n) is 14.9. The van der Waals surface area contributed by atoms with E-state index in [1.165, 1.54) is 0 Å². The van der Waals surface area contributed by atoms with Crippen molar-refractivity contribution >= 4 is 17.0 Å². The van der Waals surface area contributed by atoms with Gasteiger partial charge in [-0.1, -0.05) is 24.3 Å². The van der Waals surface area contributed by atoms with Crippen LogP contribution in [0.3, 0.4) is 0 Å². The predicted molar refractivity (Wildman–Crippen MR) is 103 cm³/mol. The second-order valence-electron chi connectivity index (χ2n) is 6.13. The number of nitrogens with one attached hydrogen (secondary N) is 1. The summed E-state index contributed by atoms with van der Waals surface area (Å²) in [6.45, 7) is 0.811. The zero-order chi connectivity index (χ0) is 19.1. The average Bonchev–Trinajstić information content (AvgIpc) is 3.03. The van der Waals surface area contributed by atoms with Crippen LogP contribution in [0.25, 0.3) is 11.0 Å². The van der Waals surface area contributed by atoms with Gasteiger partial charge in [-0.3, -0.25) is 0 Å². The van der Waals surface area contributed by atoms with Gasteiger partial charge in [-0.05, 0) is 29.8 Å². The molecule has 2 aromatic carbocycles. The van der Waals surface area contributed by atoms with Crippen molar-refractivity contribution in [3.63, 3.8) is 0 Å². The Balaban J connectivity index is 1.66. The van der Waals surface area contributed by atoms with Crippen LogP contribution in [-0.4, -0.2) is 45.6 Å². The van der Waals surface area contributed by atoms with Crippen LogP contribution in [0.1, 0.15) is 5.56 Å². The van der Waals surface area contributed by atoms with Crippen molar-refractivity contribution in [1.82, 2.24) is 9.55 Å². The van der Waals surface area contributed by atoms with E-state index in [4.69, 9.17) is 15.1 Å². The Morgan fingerprint density at radius 1 is 1.19 bits per heavy atom. The maximum atomic E-state index is 10.4. The summed E-state index contributed by atoms with van der Waals surface area (Å²) in [6, 6.07) is 17.0. The molecule has 0 aliphatic heterocycles. The van der Waals surface area contributed by atoms with Crippen molar-refractivity contribution in [1.29, 1.82) is 5.26 Å². The van der Waals surface area contributed by atoms with E-state index in [0.29, 0.717) is 31.2 Å². The van der Waals surface area contributed by atoms with Gasteiger partial charge in [0, 0.05) is 6.54 Å². The first-order chi connectivity index (χ1) is 13.2. The number of hydrogen-bond acceptors (Lipinski definition) is 6. The van der Waals surface area contributed by atoms with E-state index in [9.17, 15) is 5.11 Å². The Kier molecular flexibility index (Phi) is 6.26. The number of fused-ring (bicyclic) bond motifs is 1. The number of rotatable bonds is 9. The van der Waals surface area contributed by atoms with Gasteiger partial charge in [-0.2, -0.15) is 5.26 Å². The average molecular weight is 366 g/mol. The van der Waals surface area contributed by atoms with Crippen LogP contribution in [0.4, 0.5) is 5.95 Å². The van der Waals surface area contributed by atoms with E-state index in [1.807, 2.05) is 41.0 Å². The predicted octanol–water partition coefficient (Wildman–Crippen LogP) is 1.95. The second kappa shape index (κ2) is 9.03. The lowest BCUT2D eigenvalue weighted by atomic mass is 10.2. The minimum atomic E-state index is -0.740. The molecule has 1 unspecified atom stereocenters. The maximum absolute atomic E-state index is 10.4. The van der Waals surface area contributed by atoms with Gasteiger partial charge in [-0.25, -0.2) is 4.98 Å². The third-order valence-electron chi connectivity index (χ3n) is 4.09. The number of aliphatic hydroxyl groups excluding tert-OH is 2. The highest BCUT2D eigenvalue weighted by atomic mass is 16.5. The fourth-order valence-corrected chi connectivity index (χ4v) is 2.81. The zero-order valence-corrected chi connectivity index (χ0v) is 14.9. The summed E-state index contributed by atoms with van der Waals surface area (Å²) < 4.78 is 7.54. The molecule has 0 bridgehead atoms. The number of aliphatic hydroxyl groups is 2. The smallest absolute Gasteiger partial charge is 0.204 e. The van der Waals surface area contributed by atoms with Gasteiger partial charge in [-0.15, -0.1) is 0 Å². The number of hydrogen-bond donors (Lipinski definition) is 3. The molecular weight excluding hydrogens is 344 g/mol. The molecule has 1 aromatic heterocycles. The van der Waals surface area contributed by atoms with Crippen LogP contribution < -0.4 is 10.1 Å². The van der Waals surface area contributed by atoms with E-state index in [1.54, 1.807) is 12.1 Å². The molecule has 0 saturated carbocycles. The highest BCUT2D eigenvalue weighted by molar-refractivity contribution is 5.78. The number of nitrogens with zero attached hydrogens (tertiary/aromatic N) is 3. The molecule has 3 aromatic rings. The number of aromatic nitrogens is 2. The molecule has 3 N–H and O–H groups in total. The summed E-state index contributed by atoms with van der Waals surface area (Å²) in [5.41, 5.74) is 2.65. The molecule has 0 saturated heterocycles. The van der Waals surface area contributed by atoms with Crippen molar-refractivity contribution in [2.75, 3.05) is 25.1 Å². The fourth-order valence-electron chi connectivity index (χ4n) is 2.81. The molecule has 1 heterocycles. The number of benzene rings is 2. The molecule has 0 spiro atoms. The molecule has 0 fully saturated rings. The van der Waals surface area contributed by atoms with Gasteiger partial charge >= 0.3 is 0 Å². The molecule has 7 nitrogen and oxygen atoms in total. The SMILES string of the molecule is N#CCc1ccc(OCC(O)Cn2c(NCCO)nc3ccccc32)cc1. The number of imidazole rings is 1. The second-order valence-corrected chi connectivity index (χ2v) is 6.13. The third kappa shape index (κ3) is 4.76. The number of para-hydroxylation sites is 2. The Labute approximate surface area is 157 Å². The fraction of sp³-hybridized carbons (Fsp3) is 0.300. The largest absolute Gasteiger partial charge is 0.491 e. The molecule has 1 atom stereocenters. The molecule has 3 rings (SSSR count). The van der Waals surface area contributed by atoms with E-state index < -0.39 is 6.10 Å². The lowest BCUT2D eigenvalue weighted by molar-refractivity contribution is 0.0938. The Morgan fingerprint density at radius 3 is 2.70 bits per heavy atom. The van der Waals surface area contributed by atoms with E-state index in [-0.39, 0.29) is 13.2 Å². The number of ether oxygens (including phenoxy) is 1. The van der Waals surface area contributed by atoms with E-state index in [0.717, 1.165) is 16.6 Å².